The summed E-state index contributed by atoms with van der Waals surface area (Å²) < 4.78 is 3.36. The van der Waals surface area contributed by atoms with Crippen molar-refractivity contribution >= 4 is 47.1 Å². The number of nitrogens with zero attached hydrogens (tertiary/aromatic N) is 3. The molecule has 0 bridgehead atoms. The van der Waals surface area contributed by atoms with Gasteiger partial charge < -0.3 is 0 Å². The van der Waals surface area contributed by atoms with E-state index in [0.717, 1.165) is 14.0 Å². The van der Waals surface area contributed by atoms with Gasteiger partial charge in [0.1, 0.15) is 5.40 Å². The lowest BCUT2D eigenvalue weighted by Gasteiger charge is -1.98. The molecule has 0 fully saturated rings. The Kier molecular flexibility index (Phi) is 4.62. The van der Waals surface area contributed by atoms with Gasteiger partial charge in [-0.15, -0.1) is 5.10 Å². The SMILES string of the molecule is N#CSCSc1nn(-c2ccccc2)c(=S)s1. The minimum Gasteiger partial charge on any atom is -0.211 e. The molecule has 0 spiro atoms. The van der Waals surface area contributed by atoms with Crippen molar-refractivity contribution in [2.75, 3.05) is 5.08 Å². The maximum atomic E-state index is 8.44. The molecule has 3 nitrogen and oxygen atoms in total. The molecule has 2 aromatic rings. The van der Waals surface area contributed by atoms with Crippen molar-refractivity contribution in [2.24, 2.45) is 0 Å². The zero-order valence-electron chi connectivity index (χ0n) is 8.57. The molecule has 86 valence electrons. The Bertz CT molecular complexity index is 582. The fraction of sp³-hybridized carbons (Fsp3) is 0.100. The van der Waals surface area contributed by atoms with Gasteiger partial charge in [-0.2, -0.15) is 5.26 Å². The molecular weight excluding hydrogens is 290 g/mol. The van der Waals surface area contributed by atoms with E-state index >= 15 is 0 Å². The molecule has 0 aliphatic heterocycles. The van der Waals surface area contributed by atoms with Crippen LogP contribution in [0.4, 0.5) is 0 Å². The van der Waals surface area contributed by atoms with Crippen molar-refractivity contribution in [3.63, 3.8) is 0 Å². The Balaban J connectivity index is 2.20. The molecule has 0 aliphatic rings. The molecule has 0 N–H and O–H groups in total. The summed E-state index contributed by atoms with van der Waals surface area (Å²) in [4.78, 5) is 0. The molecule has 0 amide bonds. The zero-order valence-corrected chi connectivity index (χ0v) is 11.8. The number of thioether (sulfide) groups is 2. The van der Waals surface area contributed by atoms with Crippen LogP contribution in [0.5, 0.6) is 0 Å². The molecule has 0 unspecified atom stereocenters. The first-order valence-electron chi connectivity index (χ1n) is 4.60. The number of aromatic nitrogens is 2. The number of thiocyanates is 1. The van der Waals surface area contributed by atoms with E-state index < -0.39 is 0 Å². The van der Waals surface area contributed by atoms with Gasteiger partial charge in [0.25, 0.3) is 0 Å². The van der Waals surface area contributed by atoms with Crippen LogP contribution in [0, 0.1) is 14.6 Å². The van der Waals surface area contributed by atoms with Crippen LogP contribution in [0.25, 0.3) is 5.69 Å². The van der Waals surface area contributed by atoms with E-state index in [1.807, 2.05) is 35.7 Å². The number of hydrogen-bond donors (Lipinski definition) is 0. The second kappa shape index (κ2) is 6.21. The Morgan fingerprint density at radius 1 is 1.41 bits per heavy atom. The summed E-state index contributed by atoms with van der Waals surface area (Å²) in [5, 5.41) is 15.6. The third-order valence-electron chi connectivity index (χ3n) is 1.84. The van der Waals surface area contributed by atoms with Gasteiger partial charge in [-0.05, 0) is 36.1 Å². The number of benzene rings is 1. The number of nitriles is 1. The van der Waals surface area contributed by atoms with Crippen LogP contribution < -0.4 is 0 Å². The second-order valence-electron chi connectivity index (χ2n) is 2.88. The predicted octanol–water partition coefficient (Wildman–Crippen LogP) is 3.93. The van der Waals surface area contributed by atoms with E-state index in [2.05, 4.69) is 5.10 Å². The third kappa shape index (κ3) is 3.33. The lowest BCUT2D eigenvalue weighted by atomic mass is 10.3. The molecule has 0 saturated heterocycles. The fourth-order valence-corrected chi connectivity index (χ4v) is 4.10. The quantitative estimate of drug-likeness (QED) is 0.281. The van der Waals surface area contributed by atoms with Crippen LogP contribution in [-0.2, 0) is 0 Å². The van der Waals surface area contributed by atoms with Crippen LogP contribution in [0.3, 0.4) is 0 Å². The molecule has 1 heterocycles. The Hall–Kier alpha value is -0.810. The monoisotopic (exact) mass is 297 g/mol. The normalized spacial score (nSPS) is 10.1. The highest BCUT2D eigenvalue weighted by Crippen LogP contribution is 2.26. The first-order valence-corrected chi connectivity index (χ1v) is 7.80. The van der Waals surface area contributed by atoms with Gasteiger partial charge in [0.15, 0.2) is 8.29 Å². The molecule has 1 aromatic carbocycles. The van der Waals surface area contributed by atoms with Crippen molar-refractivity contribution in [1.82, 2.24) is 9.78 Å². The van der Waals surface area contributed by atoms with Crippen LogP contribution in [-0.4, -0.2) is 14.9 Å². The molecule has 0 radical (unpaired) electrons. The van der Waals surface area contributed by atoms with Gasteiger partial charge >= 0.3 is 0 Å². The smallest absolute Gasteiger partial charge is 0.184 e. The molecule has 0 saturated carbocycles. The largest absolute Gasteiger partial charge is 0.211 e. The Morgan fingerprint density at radius 2 is 2.18 bits per heavy atom. The van der Waals surface area contributed by atoms with Gasteiger partial charge in [0.05, 0.1) is 10.8 Å². The first-order chi connectivity index (χ1) is 8.31. The molecule has 0 aliphatic carbocycles. The standard InChI is InChI=1S/C10H7N3S4/c11-6-15-7-16-9-12-13(10(14)17-9)8-4-2-1-3-5-8/h1-5H,7H2. The van der Waals surface area contributed by atoms with E-state index in [1.54, 1.807) is 4.68 Å². The summed E-state index contributed by atoms with van der Waals surface area (Å²) in [6, 6.07) is 9.80. The molecule has 7 heteroatoms. The predicted molar refractivity (Wildman–Crippen MR) is 76.2 cm³/mol. The lowest BCUT2D eigenvalue weighted by molar-refractivity contribution is 0.830. The molecule has 1 aromatic heterocycles. The van der Waals surface area contributed by atoms with Crippen molar-refractivity contribution in [3.8, 4) is 11.1 Å². The highest BCUT2D eigenvalue weighted by molar-refractivity contribution is 8.18. The van der Waals surface area contributed by atoms with Gasteiger partial charge in [0.2, 0.25) is 0 Å². The van der Waals surface area contributed by atoms with E-state index in [4.69, 9.17) is 17.5 Å². The lowest BCUT2D eigenvalue weighted by Crippen LogP contribution is -1.95. The zero-order chi connectivity index (χ0) is 12.1. The first kappa shape index (κ1) is 12.6. The topological polar surface area (TPSA) is 41.6 Å². The van der Waals surface area contributed by atoms with Gasteiger partial charge in [-0.1, -0.05) is 41.3 Å². The molecule has 2 rings (SSSR count). The van der Waals surface area contributed by atoms with Crippen molar-refractivity contribution in [1.29, 1.82) is 5.26 Å². The average Bonchev–Trinajstić information content (AvgIpc) is 2.72. The summed E-state index contributed by atoms with van der Waals surface area (Å²) in [7, 11) is 0. The van der Waals surface area contributed by atoms with E-state index in [1.165, 1.54) is 34.9 Å². The summed E-state index contributed by atoms with van der Waals surface area (Å²) in [6.45, 7) is 0. The van der Waals surface area contributed by atoms with Crippen molar-refractivity contribution in [3.05, 3.63) is 34.3 Å². The molecular formula is C10H7N3S4. The maximum absolute atomic E-state index is 8.44. The van der Waals surface area contributed by atoms with Gasteiger partial charge in [-0.25, -0.2) is 4.68 Å². The van der Waals surface area contributed by atoms with E-state index in [9.17, 15) is 0 Å². The van der Waals surface area contributed by atoms with Crippen LogP contribution >= 0.6 is 47.1 Å². The highest BCUT2D eigenvalue weighted by Gasteiger charge is 2.05. The third-order valence-corrected chi connectivity index (χ3v) is 4.87. The van der Waals surface area contributed by atoms with E-state index in [-0.39, 0.29) is 0 Å². The van der Waals surface area contributed by atoms with Crippen LogP contribution in [0.2, 0.25) is 0 Å². The highest BCUT2D eigenvalue weighted by atomic mass is 32.2. The Labute approximate surface area is 116 Å². The molecule has 0 atom stereocenters. The summed E-state index contributed by atoms with van der Waals surface area (Å²) in [5.41, 5.74) is 0.966. The van der Waals surface area contributed by atoms with E-state index in [0.29, 0.717) is 5.08 Å². The van der Waals surface area contributed by atoms with Gasteiger partial charge in [-0.3, -0.25) is 0 Å². The second-order valence-corrected chi connectivity index (χ2v) is 6.85. The summed E-state index contributed by atoms with van der Waals surface area (Å²) in [6.07, 6.45) is 0. The maximum Gasteiger partial charge on any atom is 0.184 e. The summed E-state index contributed by atoms with van der Waals surface area (Å²) >= 11 is 9.47. The van der Waals surface area contributed by atoms with Crippen LogP contribution in [0.15, 0.2) is 34.7 Å². The number of rotatable bonds is 4. The fourth-order valence-electron chi connectivity index (χ4n) is 1.16. The average molecular weight is 297 g/mol. The number of hydrogen-bond acceptors (Lipinski definition) is 6. The minimum atomic E-state index is 0.674. The summed E-state index contributed by atoms with van der Waals surface area (Å²) in [5.74, 6) is 0. The van der Waals surface area contributed by atoms with Crippen molar-refractivity contribution in [2.45, 2.75) is 4.34 Å². The number of para-hydroxylation sites is 1. The van der Waals surface area contributed by atoms with Crippen molar-refractivity contribution < 1.29 is 0 Å². The Morgan fingerprint density at radius 3 is 2.88 bits per heavy atom. The molecule has 17 heavy (non-hydrogen) atoms. The van der Waals surface area contributed by atoms with Gasteiger partial charge in [0, 0.05) is 0 Å². The minimum absolute atomic E-state index is 0.674. The van der Waals surface area contributed by atoms with Crippen LogP contribution in [0.1, 0.15) is 0 Å².